The van der Waals surface area contributed by atoms with Gasteiger partial charge in [0, 0.05) is 17.3 Å². The molecule has 0 bridgehead atoms. The Bertz CT molecular complexity index is 790. The summed E-state index contributed by atoms with van der Waals surface area (Å²) in [6.45, 7) is 3.68. The minimum absolute atomic E-state index is 0.0212. The van der Waals surface area contributed by atoms with Crippen molar-refractivity contribution in [3.63, 3.8) is 0 Å². The summed E-state index contributed by atoms with van der Waals surface area (Å²) in [5.41, 5.74) is -0.199. The maximum atomic E-state index is 13.6. The van der Waals surface area contributed by atoms with Crippen LogP contribution in [0.3, 0.4) is 0 Å². The molecule has 0 aliphatic carbocycles. The fourth-order valence-electron chi connectivity index (χ4n) is 2.80. The minimum atomic E-state index is -4.51. The zero-order valence-corrected chi connectivity index (χ0v) is 15.7. The maximum absolute atomic E-state index is 13.6. The van der Waals surface area contributed by atoms with Crippen molar-refractivity contribution in [2.45, 2.75) is 51.0 Å². The third-order valence-corrected chi connectivity index (χ3v) is 5.73. The van der Waals surface area contributed by atoms with Gasteiger partial charge in [0.25, 0.3) is 5.91 Å². The van der Waals surface area contributed by atoms with Crippen LogP contribution in [0.15, 0.2) is 17.5 Å². The highest BCUT2D eigenvalue weighted by Gasteiger charge is 2.48. The third-order valence-electron chi connectivity index (χ3n) is 4.39. The van der Waals surface area contributed by atoms with E-state index in [1.807, 2.05) is 6.92 Å². The van der Waals surface area contributed by atoms with Crippen LogP contribution in [-0.2, 0) is 0 Å². The Morgan fingerprint density at radius 2 is 2.31 bits per heavy atom. The van der Waals surface area contributed by atoms with E-state index in [1.54, 1.807) is 24.4 Å². The molecule has 3 rings (SSSR count). The largest absolute Gasteiger partial charge is 0.410 e. The van der Waals surface area contributed by atoms with Gasteiger partial charge in [-0.1, -0.05) is 24.6 Å². The predicted molar refractivity (Wildman–Crippen MR) is 94.8 cm³/mol. The predicted octanol–water partition coefficient (Wildman–Crippen LogP) is 4.79. The van der Waals surface area contributed by atoms with E-state index in [4.69, 9.17) is 11.6 Å². The second kappa shape index (κ2) is 7.11. The average Bonchev–Trinajstić information content (AvgIpc) is 3.21. The summed E-state index contributed by atoms with van der Waals surface area (Å²) in [5, 5.41) is 11.3. The first kappa shape index (κ1) is 19.0. The van der Waals surface area contributed by atoms with Gasteiger partial charge in [0.2, 0.25) is 0 Å². The number of halogens is 4. The lowest BCUT2D eigenvalue weighted by Crippen LogP contribution is -2.36. The molecule has 1 amide bonds. The highest BCUT2D eigenvalue weighted by Crippen LogP contribution is 2.46. The molecule has 10 heteroatoms. The Morgan fingerprint density at radius 3 is 2.88 bits per heavy atom. The van der Waals surface area contributed by atoms with Crippen molar-refractivity contribution in [2.75, 3.05) is 5.32 Å². The lowest BCUT2D eigenvalue weighted by atomic mass is 10.0. The minimum Gasteiger partial charge on any atom is -0.361 e. The molecular formula is C16H18ClF3N4OS. The SMILES string of the molecule is CC[C@@H](C)NC(=O)c1nn2c(c1Cl)N[C@@H](c1cccs1)C[C@H]2C(F)(F)F. The van der Waals surface area contributed by atoms with Gasteiger partial charge in [0.15, 0.2) is 11.7 Å². The Kier molecular flexibility index (Phi) is 5.21. The van der Waals surface area contributed by atoms with Crippen LogP contribution in [0.1, 0.15) is 54.1 Å². The molecule has 0 unspecified atom stereocenters. The van der Waals surface area contributed by atoms with Gasteiger partial charge in [0.05, 0.1) is 6.04 Å². The van der Waals surface area contributed by atoms with Crippen LogP contribution in [0.25, 0.3) is 0 Å². The monoisotopic (exact) mass is 406 g/mol. The molecule has 2 aromatic heterocycles. The van der Waals surface area contributed by atoms with E-state index < -0.39 is 24.2 Å². The molecule has 0 saturated heterocycles. The highest BCUT2D eigenvalue weighted by atomic mass is 35.5. The fraction of sp³-hybridized carbons (Fsp3) is 0.500. The summed E-state index contributed by atoms with van der Waals surface area (Å²) in [6, 6.07) is 1.01. The highest BCUT2D eigenvalue weighted by molar-refractivity contribution is 7.10. The number of anilines is 1. The Labute approximate surface area is 157 Å². The molecule has 0 saturated carbocycles. The van der Waals surface area contributed by atoms with Gasteiger partial charge < -0.3 is 10.6 Å². The third kappa shape index (κ3) is 3.55. The average molecular weight is 407 g/mol. The molecule has 3 atom stereocenters. The first-order valence-electron chi connectivity index (χ1n) is 8.17. The summed E-state index contributed by atoms with van der Waals surface area (Å²) in [6.07, 6.45) is -4.05. The number of carbonyl (C=O) groups is 1. The number of thiophene rings is 1. The number of fused-ring (bicyclic) bond motifs is 1. The normalized spacial score (nSPS) is 21.0. The molecule has 26 heavy (non-hydrogen) atoms. The molecule has 3 heterocycles. The van der Waals surface area contributed by atoms with Crippen molar-refractivity contribution in [3.05, 3.63) is 33.1 Å². The van der Waals surface area contributed by atoms with Crippen LogP contribution in [0.5, 0.6) is 0 Å². The molecule has 0 aromatic carbocycles. The number of hydrogen-bond acceptors (Lipinski definition) is 4. The molecular weight excluding hydrogens is 389 g/mol. The molecule has 2 N–H and O–H groups in total. The number of aromatic nitrogens is 2. The van der Waals surface area contributed by atoms with Crippen LogP contribution in [0.4, 0.5) is 19.0 Å². The lowest BCUT2D eigenvalue weighted by Gasteiger charge is -2.32. The van der Waals surface area contributed by atoms with Gasteiger partial charge in [-0.2, -0.15) is 18.3 Å². The van der Waals surface area contributed by atoms with Gasteiger partial charge in [-0.3, -0.25) is 4.79 Å². The number of hydrogen-bond donors (Lipinski definition) is 2. The van der Waals surface area contributed by atoms with E-state index in [9.17, 15) is 18.0 Å². The summed E-state index contributed by atoms with van der Waals surface area (Å²) >= 11 is 7.60. The molecule has 1 aliphatic rings. The van der Waals surface area contributed by atoms with E-state index in [1.165, 1.54) is 11.3 Å². The van der Waals surface area contributed by atoms with Gasteiger partial charge >= 0.3 is 6.18 Å². The molecule has 0 spiro atoms. The molecule has 1 aliphatic heterocycles. The quantitative estimate of drug-likeness (QED) is 0.767. The van der Waals surface area contributed by atoms with Gasteiger partial charge in [-0.05, 0) is 24.8 Å². The van der Waals surface area contributed by atoms with Crippen LogP contribution < -0.4 is 10.6 Å². The summed E-state index contributed by atoms with van der Waals surface area (Å²) in [7, 11) is 0. The fourth-order valence-corrected chi connectivity index (χ4v) is 3.86. The summed E-state index contributed by atoms with van der Waals surface area (Å²) in [4.78, 5) is 13.1. The standard InChI is InChI=1S/C16H18ClF3N4OS/c1-3-8(2)21-15(25)13-12(17)14-22-9(10-5-4-6-26-10)7-11(16(18,19)20)24(14)23-13/h4-6,8-9,11,22H,3,7H2,1-2H3,(H,21,25)/t8-,9-,11+/m1/s1. The van der Waals surface area contributed by atoms with E-state index in [2.05, 4.69) is 15.7 Å². The van der Waals surface area contributed by atoms with Crippen molar-refractivity contribution in [1.29, 1.82) is 0 Å². The van der Waals surface area contributed by atoms with E-state index in [0.29, 0.717) is 6.42 Å². The molecule has 5 nitrogen and oxygen atoms in total. The maximum Gasteiger partial charge on any atom is 0.410 e. The van der Waals surface area contributed by atoms with Crippen molar-refractivity contribution in [2.24, 2.45) is 0 Å². The molecule has 142 valence electrons. The number of alkyl halides is 3. The van der Waals surface area contributed by atoms with Crippen LogP contribution in [-0.4, -0.2) is 27.9 Å². The number of amides is 1. The number of carbonyl (C=O) groups excluding carboxylic acids is 1. The Morgan fingerprint density at radius 1 is 1.58 bits per heavy atom. The number of nitrogens with zero attached hydrogens (tertiary/aromatic N) is 2. The second-order valence-corrected chi connectivity index (χ2v) is 7.60. The zero-order valence-electron chi connectivity index (χ0n) is 14.1. The summed E-state index contributed by atoms with van der Waals surface area (Å²) < 4.78 is 41.6. The first-order valence-corrected chi connectivity index (χ1v) is 9.43. The topological polar surface area (TPSA) is 59.0 Å². The zero-order chi connectivity index (χ0) is 19.1. The number of rotatable bonds is 4. The smallest absolute Gasteiger partial charge is 0.361 e. The van der Waals surface area contributed by atoms with E-state index in [0.717, 1.165) is 9.56 Å². The lowest BCUT2D eigenvalue weighted by molar-refractivity contribution is -0.173. The Balaban J connectivity index is 2.00. The van der Waals surface area contributed by atoms with Gasteiger partial charge in [0.1, 0.15) is 10.8 Å². The van der Waals surface area contributed by atoms with Crippen molar-refractivity contribution in [1.82, 2.24) is 15.1 Å². The molecule has 2 aromatic rings. The van der Waals surface area contributed by atoms with Crippen LogP contribution in [0, 0.1) is 0 Å². The first-order chi connectivity index (χ1) is 12.2. The van der Waals surface area contributed by atoms with Crippen molar-refractivity contribution in [3.8, 4) is 0 Å². The second-order valence-electron chi connectivity index (χ2n) is 6.24. The van der Waals surface area contributed by atoms with E-state index in [-0.39, 0.29) is 29.0 Å². The summed E-state index contributed by atoms with van der Waals surface area (Å²) in [5.74, 6) is -0.561. The molecule has 0 fully saturated rings. The van der Waals surface area contributed by atoms with Crippen molar-refractivity contribution >= 4 is 34.7 Å². The van der Waals surface area contributed by atoms with Crippen LogP contribution >= 0.6 is 22.9 Å². The Hall–Kier alpha value is -1.74. The van der Waals surface area contributed by atoms with E-state index >= 15 is 0 Å². The van der Waals surface area contributed by atoms with Crippen molar-refractivity contribution < 1.29 is 18.0 Å². The molecule has 0 radical (unpaired) electrons. The number of nitrogens with one attached hydrogen (secondary N) is 2. The van der Waals surface area contributed by atoms with Crippen LogP contribution in [0.2, 0.25) is 5.02 Å². The van der Waals surface area contributed by atoms with Gasteiger partial charge in [-0.15, -0.1) is 11.3 Å². The van der Waals surface area contributed by atoms with Gasteiger partial charge in [-0.25, -0.2) is 4.68 Å².